The molecule has 0 bridgehead atoms. The minimum absolute atomic E-state index is 0.0206. The van der Waals surface area contributed by atoms with Gasteiger partial charge in [-0.25, -0.2) is 13.9 Å². The van der Waals surface area contributed by atoms with Crippen LogP contribution in [0.15, 0.2) is 24.4 Å². The summed E-state index contributed by atoms with van der Waals surface area (Å²) in [5.74, 6) is -0.129. The Kier molecular flexibility index (Phi) is 7.13. The van der Waals surface area contributed by atoms with E-state index in [0.29, 0.717) is 17.2 Å². The fraction of sp³-hybridized carbons (Fsp3) is 0.542. The molecule has 0 radical (unpaired) electrons. The Labute approximate surface area is 183 Å². The summed E-state index contributed by atoms with van der Waals surface area (Å²) in [5, 5.41) is 4.56. The van der Waals surface area contributed by atoms with Gasteiger partial charge in [0, 0.05) is 18.2 Å². The molecule has 7 heteroatoms. The lowest BCUT2D eigenvalue weighted by Crippen LogP contribution is -2.43. The molecule has 0 saturated heterocycles. The fourth-order valence-electron chi connectivity index (χ4n) is 4.06. The predicted molar refractivity (Wildman–Crippen MR) is 118 cm³/mol. The summed E-state index contributed by atoms with van der Waals surface area (Å²) in [4.78, 5) is 27.8. The highest BCUT2D eigenvalue weighted by Gasteiger charge is 2.34. The summed E-state index contributed by atoms with van der Waals surface area (Å²) in [6, 6.07) is 4.56. The van der Waals surface area contributed by atoms with E-state index >= 15 is 0 Å². The maximum atomic E-state index is 14.1. The number of hydrogen-bond acceptors (Lipinski definition) is 4. The summed E-state index contributed by atoms with van der Waals surface area (Å²) in [7, 11) is 0. The van der Waals surface area contributed by atoms with Crippen molar-refractivity contribution in [3.63, 3.8) is 0 Å². The third-order valence-electron chi connectivity index (χ3n) is 5.96. The number of rotatable bonds is 6. The van der Waals surface area contributed by atoms with E-state index in [9.17, 15) is 14.0 Å². The smallest absolute Gasteiger partial charge is 0.343 e. The summed E-state index contributed by atoms with van der Waals surface area (Å²) in [5.41, 5.74) is 1.20. The van der Waals surface area contributed by atoms with Gasteiger partial charge in [-0.05, 0) is 77.0 Å². The van der Waals surface area contributed by atoms with E-state index < -0.39 is 5.97 Å². The lowest BCUT2D eigenvalue weighted by atomic mass is 9.82. The van der Waals surface area contributed by atoms with Crippen LogP contribution in [0.1, 0.15) is 69.3 Å². The van der Waals surface area contributed by atoms with Crippen LogP contribution in [0.3, 0.4) is 0 Å². The topological polar surface area (TPSA) is 64.4 Å². The first-order valence-electron chi connectivity index (χ1n) is 11.1. The molecular formula is C24H32FN3O3. The highest BCUT2D eigenvalue weighted by molar-refractivity contribution is 6.02. The second-order valence-electron chi connectivity index (χ2n) is 8.72. The summed E-state index contributed by atoms with van der Waals surface area (Å²) >= 11 is 0. The second kappa shape index (κ2) is 9.62. The second-order valence-corrected chi connectivity index (χ2v) is 8.72. The Bertz CT molecular complexity index is 946. The number of nitrogens with zero attached hydrogens (tertiary/aromatic N) is 3. The van der Waals surface area contributed by atoms with E-state index in [1.165, 1.54) is 16.9 Å². The molecule has 31 heavy (non-hydrogen) atoms. The zero-order valence-corrected chi connectivity index (χ0v) is 19.0. The van der Waals surface area contributed by atoms with Gasteiger partial charge in [0.15, 0.2) is 5.82 Å². The minimum Gasteiger partial charge on any atom is -0.462 e. The molecule has 0 unspecified atom stereocenters. The number of ether oxygens (including phenoxy) is 1. The normalized spacial score (nSPS) is 18.8. The van der Waals surface area contributed by atoms with E-state index in [4.69, 9.17) is 4.74 Å². The van der Waals surface area contributed by atoms with Gasteiger partial charge in [-0.15, -0.1) is 5.10 Å². The lowest BCUT2D eigenvalue weighted by molar-refractivity contribution is -0.124. The van der Waals surface area contributed by atoms with Gasteiger partial charge in [-0.3, -0.25) is 9.69 Å². The largest absolute Gasteiger partial charge is 0.462 e. The molecule has 0 N–H and O–H groups in total. The Morgan fingerprint density at radius 2 is 1.94 bits per heavy atom. The van der Waals surface area contributed by atoms with Crippen molar-refractivity contribution in [1.29, 1.82) is 0 Å². The van der Waals surface area contributed by atoms with Crippen LogP contribution < -0.4 is 4.90 Å². The van der Waals surface area contributed by atoms with E-state index in [2.05, 4.69) is 12.0 Å². The van der Waals surface area contributed by atoms with Crippen molar-refractivity contribution >= 4 is 17.7 Å². The monoisotopic (exact) mass is 429 g/mol. The van der Waals surface area contributed by atoms with Gasteiger partial charge < -0.3 is 4.74 Å². The number of halogens is 1. The number of anilines is 1. The molecule has 1 heterocycles. The van der Waals surface area contributed by atoms with Crippen LogP contribution in [0.25, 0.3) is 5.69 Å². The third kappa shape index (κ3) is 4.97. The molecule has 168 valence electrons. The van der Waals surface area contributed by atoms with Crippen molar-refractivity contribution < 1.29 is 18.7 Å². The number of amides is 1. The highest BCUT2D eigenvalue weighted by atomic mass is 19.1. The average molecular weight is 430 g/mol. The van der Waals surface area contributed by atoms with E-state index in [1.807, 2.05) is 13.8 Å². The zero-order chi connectivity index (χ0) is 22.7. The van der Waals surface area contributed by atoms with Crippen LogP contribution in [0.5, 0.6) is 0 Å². The molecule has 0 spiro atoms. The van der Waals surface area contributed by atoms with Gasteiger partial charge in [0.05, 0.1) is 12.3 Å². The first kappa shape index (κ1) is 23.0. The van der Waals surface area contributed by atoms with Gasteiger partial charge in [-0.2, -0.15) is 0 Å². The first-order chi connectivity index (χ1) is 14.7. The molecule has 1 aromatic heterocycles. The molecule has 1 aliphatic rings. The Hall–Kier alpha value is -2.70. The number of carbonyl (C=O) groups is 2. The third-order valence-corrected chi connectivity index (χ3v) is 5.96. The first-order valence-corrected chi connectivity index (χ1v) is 11.1. The Morgan fingerprint density at radius 1 is 1.26 bits per heavy atom. The summed E-state index contributed by atoms with van der Waals surface area (Å²) in [6.45, 7) is 9.64. The van der Waals surface area contributed by atoms with Crippen molar-refractivity contribution in [1.82, 2.24) is 9.78 Å². The molecule has 1 aliphatic carbocycles. The Morgan fingerprint density at radius 3 is 2.52 bits per heavy atom. The molecule has 1 amide bonds. The molecule has 3 rings (SSSR count). The van der Waals surface area contributed by atoms with Crippen molar-refractivity contribution in [3.05, 3.63) is 41.3 Å². The SMILES string of the molecule is CCOC(=O)c1cn(-c2ccc(C)c(F)c2)nc1N(C(=O)C1CCC(C)CC1)C(C)C. The molecule has 1 saturated carbocycles. The highest BCUT2D eigenvalue weighted by Crippen LogP contribution is 2.33. The van der Waals surface area contributed by atoms with Crippen molar-refractivity contribution in [2.24, 2.45) is 11.8 Å². The molecule has 1 aromatic carbocycles. The number of aryl methyl sites for hydroxylation is 1. The van der Waals surface area contributed by atoms with Gasteiger partial charge in [0.1, 0.15) is 11.4 Å². The molecule has 0 atom stereocenters. The van der Waals surface area contributed by atoms with E-state index in [-0.39, 0.29) is 41.7 Å². The van der Waals surface area contributed by atoms with Crippen molar-refractivity contribution in [2.45, 2.75) is 66.3 Å². The lowest BCUT2D eigenvalue weighted by Gasteiger charge is -2.32. The van der Waals surface area contributed by atoms with Crippen LogP contribution in [0, 0.1) is 24.6 Å². The van der Waals surface area contributed by atoms with Gasteiger partial charge in [0.25, 0.3) is 0 Å². The van der Waals surface area contributed by atoms with Crippen LogP contribution in [0.4, 0.5) is 10.2 Å². The van der Waals surface area contributed by atoms with Crippen LogP contribution in [-0.2, 0) is 9.53 Å². The summed E-state index contributed by atoms with van der Waals surface area (Å²) in [6.07, 6.45) is 5.22. The summed E-state index contributed by atoms with van der Waals surface area (Å²) < 4.78 is 20.8. The fourth-order valence-corrected chi connectivity index (χ4v) is 4.06. The standard InChI is InChI=1S/C24H32FN3O3/c1-6-31-24(30)20-14-27(19-12-9-17(5)21(25)13-19)26-22(20)28(15(2)3)23(29)18-10-7-16(4)8-11-18/h9,12-16,18H,6-8,10-11H2,1-5H3. The van der Waals surface area contributed by atoms with Crippen molar-refractivity contribution in [2.75, 3.05) is 11.5 Å². The van der Waals surface area contributed by atoms with Crippen molar-refractivity contribution in [3.8, 4) is 5.69 Å². The maximum Gasteiger partial charge on any atom is 0.343 e. The van der Waals surface area contributed by atoms with Crippen LogP contribution in [0.2, 0.25) is 0 Å². The predicted octanol–water partition coefficient (Wildman–Crippen LogP) is 5.06. The molecule has 1 fully saturated rings. The molecular weight excluding hydrogens is 397 g/mol. The zero-order valence-electron chi connectivity index (χ0n) is 19.0. The molecule has 6 nitrogen and oxygen atoms in total. The number of aromatic nitrogens is 2. The molecule has 2 aromatic rings. The quantitative estimate of drug-likeness (QED) is 0.602. The number of carbonyl (C=O) groups excluding carboxylic acids is 2. The average Bonchev–Trinajstić information content (AvgIpc) is 3.15. The Balaban J connectivity index is 2.04. The minimum atomic E-state index is -0.549. The number of esters is 1. The number of hydrogen-bond donors (Lipinski definition) is 0. The van der Waals surface area contributed by atoms with Gasteiger partial charge in [0.2, 0.25) is 5.91 Å². The number of benzene rings is 1. The van der Waals surface area contributed by atoms with E-state index in [0.717, 1.165) is 25.7 Å². The van der Waals surface area contributed by atoms with Gasteiger partial charge >= 0.3 is 5.97 Å². The molecule has 0 aliphatic heterocycles. The van der Waals surface area contributed by atoms with Gasteiger partial charge in [-0.1, -0.05) is 13.0 Å². The van der Waals surface area contributed by atoms with E-state index in [1.54, 1.807) is 30.9 Å². The maximum absolute atomic E-state index is 14.1. The van der Waals surface area contributed by atoms with Crippen LogP contribution >= 0.6 is 0 Å². The van der Waals surface area contributed by atoms with Crippen LogP contribution in [-0.4, -0.2) is 34.3 Å².